The lowest BCUT2D eigenvalue weighted by Gasteiger charge is -2.20. The van der Waals surface area contributed by atoms with Gasteiger partial charge in [-0.05, 0) is 45.2 Å². The van der Waals surface area contributed by atoms with Gasteiger partial charge in [-0.15, -0.1) is 11.3 Å². The van der Waals surface area contributed by atoms with Crippen molar-refractivity contribution in [2.24, 2.45) is 5.92 Å². The molecule has 0 aliphatic heterocycles. The van der Waals surface area contributed by atoms with E-state index in [4.69, 9.17) is 4.98 Å². The monoisotopic (exact) mass is 238 g/mol. The molecule has 1 aliphatic rings. The minimum Gasteiger partial charge on any atom is -0.320 e. The first-order chi connectivity index (χ1) is 7.70. The molecular weight excluding hydrogens is 216 g/mol. The van der Waals surface area contributed by atoms with Gasteiger partial charge >= 0.3 is 0 Å². The molecule has 1 aromatic heterocycles. The maximum Gasteiger partial charge on any atom is 0.0956 e. The van der Waals surface area contributed by atoms with Crippen LogP contribution in [0, 0.1) is 5.92 Å². The Bertz CT molecular complexity index is 344. The van der Waals surface area contributed by atoms with Gasteiger partial charge in [0.15, 0.2) is 0 Å². The molecule has 2 rings (SSSR count). The SMILES string of the molecule is CNCCC1CCc2nc(C(C)C)sc2C1. The number of fused-ring (bicyclic) bond motifs is 1. The van der Waals surface area contributed by atoms with Gasteiger partial charge in [-0.1, -0.05) is 13.8 Å². The van der Waals surface area contributed by atoms with Crippen molar-refractivity contribution in [3.63, 3.8) is 0 Å². The van der Waals surface area contributed by atoms with Crippen LogP contribution in [0.3, 0.4) is 0 Å². The summed E-state index contributed by atoms with van der Waals surface area (Å²) in [6, 6.07) is 0. The Hall–Kier alpha value is -0.410. The van der Waals surface area contributed by atoms with Crippen LogP contribution in [0.25, 0.3) is 0 Å². The Morgan fingerprint density at radius 2 is 2.31 bits per heavy atom. The third kappa shape index (κ3) is 2.64. The van der Waals surface area contributed by atoms with Crippen molar-refractivity contribution in [2.75, 3.05) is 13.6 Å². The van der Waals surface area contributed by atoms with E-state index in [9.17, 15) is 0 Å². The molecule has 3 heteroatoms. The van der Waals surface area contributed by atoms with E-state index in [1.165, 1.54) is 36.4 Å². The van der Waals surface area contributed by atoms with Crippen LogP contribution in [0.2, 0.25) is 0 Å². The van der Waals surface area contributed by atoms with E-state index in [-0.39, 0.29) is 0 Å². The van der Waals surface area contributed by atoms with Gasteiger partial charge in [0, 0.05) is 10.8 Å². The van der Waals surface area contributed by atoms with Crippen molar-refractivity contribution in [1.82, 2.24) is 10.3 Å². The number of aromatic nitrogens is 1. The van der Waals surface area contributed by atoms with Gasteiger partial charge in [-0.3, -0.25) is 0 Å². The van der Waals surface area contributed by atoms with Crippen LogP contribution in [0.15, 0.2) is 0 Å². The second-order valence-corrected chi connectivity index (χ2v) is 6.19. The summed E-state index contributed by atoms with van der Waals surface area (Å²) >= 11 is 1.95. The molecule has 1 aliphatic carbocycles. The highest BCUT2D eigenvalue weighted by Crippen LogP contribution is 2.33. The first kappa shape index (κ1) is 12.1. The summed E-state index contributed by atoms with van der Waals surface area (Å²) in [6.45, 7) is 5.63. The van der Waals surface area contributed by atoms with Crippen molar-refractivity contribution in [2.45, 2.75) is 45.4 Å². The molecule has 2 nitrogen and oxygen atoms in total. The predicted octanol–water partition coefficient (Wildman–Crippen LogP) is 2.98. The minimum absolute atomic E-state index is 0.589. The van der Waals surface area contributed by atoms with Crippen LogP contribution in [-0.2, 0) is 12.8 Å². The van der Waals surface area contributed by atoms with Gasteiger partial charge < -0.3 is 5.32 Å². The summed E-state index contributed by atoms with van der Waals surface area (Å²) in [6.07, 6.45) is 5.11. The van der Waals surface area contributed by atoms with Gasteiger partial charge in [0.25, 0.3) is 0 Å². The number of thiazole rings is 1. The molecule has 0 bridgehead atoms. The van der Waals surface area contributed by atoms with E-state index < -0.39 is 0 Å². The maximum absolute atomic E-state index is 4.77. The molecule has 0 aromatic carbocycles. The fourth-order valence-corrected chi connectivity index (χ4v) is 3.53. The second-order valence-electron chi connectivity index (χ2n) is 5.08. The predicted molar refractivity (Wildman–Crippen MR) is 70.3 cm³/mol. The summed E-state index contributed by atoms with van der Waals surface area (Å²) in [5.74, 6) is 1.46. The normalized spacial score (nSPS) is 20.1. The zero-order chi connectivity index (χ0) is 11.5. The van der Waals surface area contributed by atoms with E-state index in [2.05, 4.69) is 19.2 Å². The Morgan fingerprint density at radius 1 is 1.50 bits per heavy atom. The number of hydrogen-bond acceptors (Lipinski definition) is 3. The van der Waals surface area contributed by atoms with Crippen molar-refractivity contribution < 1.29 is 0 Å². The van der Waals surface area contributed by atoms with Crippen molar-refractivity contribution >= 4 is 11.3 Å². The Labute approximate surface area is 102 Å². The second kappa shape index (κ2) is 5.28. The molecular formula is C13H22N2S. The lowest BCUT2D eigenvalue weighted by Crippen LogP contribution is -2.18. The van der Waals surface area contributed by atoms with Gasteiger partial charge in [0.05, 0.1) is 10.7 Å². The Balaban J connectivity index is 2.02. The minimum atomic E-state index is 0.589. The van der Waals surface area contributed by atoms with E-state index in [0.29, 0.717) is 5.92 Å². The molecule has 1 atom stereocenters. The van der Waals surface area contributed by atoms with Crippen LogP contribution in [0.4, 0.5) is 0 Å². The first-order valence-corrected chi connectivity index (χ1v) is 7.15. The fraction of sp³-hybridized carbons (Fsp3) is 0.769. The van der Waals surface area contributed by atoms with Crippen LogP contribution >= 0.6 is 11.3 Å². The molecule has 0 saturated carbocycles. The zero-order valence-corrected chi connectivity index (χ0v) is 11.4. The summed E-state index contributed by atoms with van der Waals surface area (Å²) in [7, 11) is 2.04. The zero-order valence-electron chi connectivity index (χ0n) is 10.5. The van der Waals surface area contributed by atoms with Crippen molar-refractivity contribution in [3.8, 4) is 0 Å². The Morgan fingerprint density at radius 3 is 3.00 bits per heavy atom. The number of rotatable bonds is 4. The number of nitrogens with one attached hydrogen (secondary N) is 1. The molecule has 1 unspecified atom stereocenters. The molecule has 1 aromatic rings. The smallest absolute Gasteiger partial charge is 0.0956 e. The van der Waals surface area contributed by atoms with Gasteiger partial charge in [-0.25, -0.2) is 4.98 Å². The third-order valence-electron chi connectivity index (χ3n) is 3.35. The summed E-state index contributed by atoms with van der Waals surface area (Å²) in [4.78, 5) is 6.33. The molecule has 1 N–H and O–H groups in total. The maximum atomic E-state index is 4.77. The largest absolute Gasteiger partial charge is 0.320 e. The van der Waals surface area contributed by atoms with Crippen LogP contribution in [-0.4, -0.2) is 18.6 Å². The molecule has 0 spiro atoms. The van der Waals surface area contributed by atoms with Crippen LogP contribution in [0.5, 0.6) is 0 Å². The summed E-state index contributed by atoms with van der Waals surface area (Å²) < 4.78 is 0. The molecule has 0 radical (unpaired) electrons. The molecule has 16 heavy (non-hydrogen) atoms. The molecule has 90 valence electrons. The van der Waals surface area contributed by atoms with Crippen molar-refractivity contribution in [1.29, 1.82) is 0 Å². The topological polar surface area (TPSA) is 24.9 Å². The standard InChI is InChI=1S/C13H22N2S/c1-9(2)13-15-11-5-4-10(6-7-14-3)8-12(11)16-13/h9-10,14H,4-8H2,1-3H3. The number of aryl methyl sites for hydroxylation is 1. The first-order valence-electron chi connectivity index (χ1n) is 6.33. The quantitative estimate of drug-likeness (QED) is 0.872. The highest BCUT2D eigenvalue weighted by molar-refractivity contribution is 7.11. The van der Waals surface area contributed by atoms with Crippen LogP contribution in [0.1, 0.15) is 48.2 Å². The number of hydrogen-bond donors (Lipinski definition) is 1. The van der Waals surface area contributed by atoms with E-state index in [1.54, 1.807) is 4.88 Å². The van der Waals surface area contributed by atoms with Crippen LogP contribution < -0.4 is 5.32 Å². The molecule has 0 saturated heterocycles. The van der Waals surface area contributed by atoms with Crippen molar-refractivity contribution in [3.05, 3.63) is 15.6 Å². The van der Waals surface area contributed by atoms with E-state index in [1.807, 2.05) is 18.4 Å². The summed E-state index contributed by atoms with van der Waals surface area (Å²) in [5, 5.41) is 4.58. The molecule has 1 heterocycles. The van der Waals surface area contributed by atoms with E-state index >= 15 is 0 Å². The van der Waals surface area contributed by atoms with Gasteiger partial charge in [0.1, 0.15) is 0 Å². The average Bonchev–Trinajstić information content (AvgIpc) is 2.69. The fourth-order valence-electron chi connectivity index (χ4n) is 2.31. The van der Waals surface area contributed by atoms with Gasteiger partial charge in [-0.2, -0.15) is 0 Å². The lowest BCUT2D eigenvalue weighted by atomic mass is 9.88. The highest BCUT2D eigenvalue weighted by atomic mass is 32.1. The molecule has 0 fully saturated rings. The number of nitrogens with zero attached hydrogens (tertiary/aromatic N) is 1. The van der Waals surface area contributed by atoms with Gasteiger partial charge in [0.2, 0.25) is 0 Å². The lowest BCUT2D eigenvalue weighted by molar-refractivity contribution is 0.422. The third-order valence-corrected chi connectivity index (χ3v) is 4.78. The molecule has 0 amide bonds. The highest BCUT2D eigenvalue weighted by Gasteiger charge is 2.22. The van der Waals surface area contributed by atoms with E-state index in [0.717, 1.165) is 12.5 Å². The average molecular weight is 238 g/mol. The Kier molecular flexibility index (Phi) is 3.98. The summed E-state index contributed by atoms with van der Waals surface area (Å²) in [5.41, 5.74) is 1.40.